The highest BCUT2D eigenvalue weighted by Gasteiger charge is 2.46. The molecule has 0 spiro atoms. The molecule has 0 radical (unpaired) electrons. The van der Waals surface area contributed by atoms with Crippen LogP contribution in [0.15, 0.2) is 42.0 Å². The number of aliphatic hydroxyl groups is 1. The van der Waals surface area contributed by atoms with Gasteiger partial charge >= 0.3 is 0 Å². The van der Waals surface area contributed by atoms with Crippen LogP contribution < -0.4 is 14.2 Å². The van der Waals surface area contributed by atoms with Gasteiger partial charge in [0.05, 0.1) is 31.4 Å². The zero-order chi connectivity index (χ0) is 26.5. The van der Waals surface area contributed by atoms with Crippen molar-refractivity contribution in [3.05, 3.63) is 58.7 Å². The maximum Gasteiger partial charge on any atom is 0.295 e. The fourth-order valence-corrected chi connectivity index (χ4v) is 4.78. The van der Waals surface area contributed by atoms with E-state index in [2.05, 4.69) is 6.92 Å². The smallest absolute Gasteiger partial charge is 0.295 e. The van der Waals surface area contributed by atoms with E-state index >= 15 is 0 Å². The lowest BCUT2D eigenvalue weighted by atomic mass is 9.94. The first-order valence-electron chi connectivity index (χ1n) is 12.9. The van der Waals surface area contributed by atoms with Crippen LogP contribution in [0.25, 0.3) is 5.76 Å². The number of hydrogen-bond donors (Lipinski definition) is 1. The number of Topliss-reactive ketones (excluding diaryl/α,β-unsaturated/α-hetero) is 1. The van der Waals surface area contributed by atoms with Gasteiger partial charge in [-0.15, -0.1) is 0 Å². The van der Waals surface area contributed by atoms with Crippen molar-refractivity contribution in [1.82, 2.24) is 4.90 Å². The predicted molar refractivity (Wildman–Crippen MR) is 139 cm³/mol. The standard InChI is InChI=1S/C29H35NO7/c1-5-7-13-36-23-11-8-19(17-24(23)35-6-2)26-25(28(32)29(33)30(26)12-14-34-4)27(31)20-9-10-22-21(16-20)15-18(3)37-22/h8-11,16-18,26,31H,5-7,12-15H2,1-4H3/t18-,26-/m1/s1. The molecule has 0 bridgehead atoms. The number of carbonyl (C=O) groups excluding carboxylic acids is 2. The van der Waals surface area contributed by atoms with E-state index in [1.165, 1.54) is 12.0 Å². The topological polar surface area (TPSA) is 94.5 Å². The lowest BCUT2D eigenvalue weighted by Gasteiger charge is -2.26. The molecule has 2 atom stereocenters. The molecule has 198 valence electrons. The Hall–Kier alpha value is -3.52. The Balaban J connectivity index is 1.79. The van der Waals surface area contributed by atoms with Gasteiger partial charge in [0.2, 0.25) is 0 Å². The van der Waals surface area contributed by atoms with Crippen LogP contribution >= 0.6 is 0 Å². The van der Waals surface area contributed by atoms with Gasteiger partial charge in [-0.2, -0.15) is 0 Å². The maximum atomic E-state index is 13.3. The lowest BCUT2D eigenvalue weighted by Crippen LogP contribution is -2.32. The third kappa shape index (κ3) is 5.44. The average molecular weight is 510 g/mol. The molecule has 37 heavy (non-hydrogen) atoms. The molecule has 2 aliphatic rings. The van der Waals surface area contributed by atoms with E-state index in [-0.39, 0.29) is 30.6 Å². The van der Waals surface area contributed by atoms with Gasteiger partial charge in [-0.25, -0.2) is 0 Å². The van der Waals surface area contributed by atoms with Gasteiger partial charge in [0.1, 0.15) is 17.6 Å². The van der Waals surface area contributed by atoms with Gasteiger partial charge in [-0.1, -0.05) is 19.4 Å². The van der Waals surface area contributed by atoms with Crippen molar-refractivity contribution in [1.29, 1.82) is 0 Å². The maximum absolute atomic E-state index is 13.3. The van der Waals surface area contributed by atoms with Gasteiger partial charge in [0, 0.05) is 25.6 Å². The van der Waals surface area contributed by atoms with Crippen LogP contribution in [0.3, 0.4) is 0 Å². The number of nitrogens with zero attached hydrogens (tertiary/aromatic N) is 1. The zero-order valence-electron chi connectivity index (χ0n) is 21.9. The van der Waals surface area contributed by atoms with Gasteiger partial charge in [-0.3, -0.25) is 9.59 Å². The number of ether oxygens (including phenoxy) is 4. The molecule has 8 nitrogen and oxygen atoms in total. The summed E-state index contributed by atoms with van der Waals surface area (Å²) in [5.41, 5.74) is 2.10. The Morgan fingerprint density at radius 1 is 1.08 bits per heavy atom. The third-order valence-electron chi connectivity index (χ3n) is 6.58. The fraction of sp³-hybridized carbons (Fsp3) is 0.448. The number of rotatable bonds is 11. The third-order valence-corrected chi connectivity index (χ3v) is 6.58. The largest absolute Gasteiger partial charge is 0.507 e. The normalized spacial score (nSPS) is 20.2. The second kappa shape index (κ2) is 11.7. The highest BCUT2D eigenvalue weighted by Crippen LogP contribution is 2.42. The molecular weight excluding hydrogens is 474 g/mol. The fourth-order valence-electron chi connectivity index (χ4n) is 4.78. The predicted octanol–water partition coefficient (Wildman–Crippen LogP) is 4.66. The SMILES string of the molecule is CCCCOc1ccc([C@@H]2C(=C(O)c3ccc4c(c3)C[C@@H](C)O4)C(=O)C(=O)N2CCOC)cc1OCC. The van der Waals surface area contributed by atoms with Crippen molar-refractivity contribution >= 4 is 17.4 Å². The number of ketones is 1. The van der Waals surface area contributed by atoms with E-state index in [4.69, 9.17) is 18.9 Å². The summed E-state index contributed by atoms with van der Waals surface area (Å²) in [5, 5.41) is 11.4. The summed E-state index contributed by atoms with van der Waals surface area (Å²) >= 11 is 0. The molecule has 2 aromatic carbocycles. The molecule has 2 heterocycles. The summed E-state index contributed by atoms with van der Waals surface area (Å²) in [6.07, 6.45) is 2.67. The van der Waals surface area contributed by atoms with E-state index in [1.54, 1.807) is 24.3 Å². The summed E-state index contributed by atoms with van der Waals surface area (Å²) in [5.74, 6) is 0.263. The Morgan fingerprint density at radius 3 is 2.62 bits per heavy atom. The van der Waals surface area contributed by atoms with Crippen LogP contribution in [0.1, 0.15) is 56.3 Å². The van der Waals surface area contributed by atoms with Gasteiger partial charge in [0.15, 0.2) is 11.5 Å². The van der Waals surface area contributed by atoms with Crippen LogP contribution in [-0.4, -0.2) is 61.3 Å². The van der Waals surface area contributed by atoms with Gasteiger partial charge in [-0.05, 0) is 61.7 Å². The Labute approximate surface area is 217 Å². The molecule has 1 amide bonds. The molecular formula is C29H35NO7. The Kier molecular flexibility index (Phi) is 8.38. The number of methoxy groups -OCH3 is 1. The molecule has 4 rings (SSSR count). The van der Waals surface area contributed by atoms with Gasteiger partial charge < -0.3 is 29.0 Å². The summed E-state index contributed by atoms with van der Waals surface area (Å²) in [7, 11) is 1.54. The van der Waals surface area contributed by atoms with Crippen LogP contribution in [-0.2, 0) is 20.7 Å². The van der Waals surface area contributed by atoms with Crippen molar-refractivity contribution in [3.8, 4) is 17.2 Å². The van der Waals surface area contributed by atoms with E-state index < -0.39 is 17.7 Å². The summed E-state index contributed by atoms with van der Waals surface area (Å²) in [6, 6.07) is 9.91. The van der Waals surface area contributed by atoms with Crippen LogP contribution in [0.5, 0.6) is 17.2 Å². The minimum Gasteiger partial charge on any atom is -0.507 e. The van der Waals surface area contributed by atoms with E-state index in [1.807, 2.05) is 26.0 Å². The molecule has 1 saturated heterocycles. The summed E-state index contributed by atoms with van der Waals surface area (Å²) in [4.78, 5) is 27.9. The number of amides is 1. The zero-order valence-corrected chi connectivity index (χ0v) is 21.9. The van der Waals surface area contributed by atoms with E-state index in [0.29, 0.717) is 42.3 Å². The molecule has 0 aliphatic carbocycles. The molecule has 1 N–H and O–H groups in total. The monoisotopic (exact) mass is 509 g/mol. The number of hydrogen-bond acceptors (Lipinski definition) is 7. The Morgan fingerprint density at radius 2 is 1.89 bits per heavy atom. The van der Waals surface area contributed by atoms with Crippen molar-refractivity contribution in [2.24, 2.45) is 0 Å². The highest BCUT2D eigenvalue weighted by molar-refractivity contribution is 6.46. The minimum absolute atomic E-state index is 0.0371. The molecule has 8 heteroatoms. The first kappa shape index (κ1) is 26.5. The first-order valence-corrected chi connectivity index (χ1v) is 12.9. The number of benzene rings is 2. The highest BCUT2D eigenvalue weighted by atomic mass is 16.5. The molecule has 2 aromatic rings. The molecule has 0 saturated carbocycles. The summed E-state index contributed by atoms with van der Waals surface area (Å²) in [6.45, 7) is 7.37. The lowest BCUT2D eigenvalue weighted by molar-refractivity contribution is -0.140. The van der Waals surface area contributed by atoms with Gasteiger partial charge in [0.25, 0.3) is 11.7 Å². The minimum atomic E-state index is -0.803. The second-order valence-corrected chi connectivity index (χ2v) is 9.28. The number of aliphatic hydroxyl groups excluding tert-OH is 1. The van der Waals surface area contributed by atoms with Crippen molar-refractivity contribution in [2.75, 3.05) is 33.5 Å². The number of unbranched alkanes of at least 4 members (excludes halogenated alkanes) is 1. The van der Waals surface area contributed by atoms with Crippen molar-refractivity contribution in [3.63, 3.8) is 0 Å². The molecule has 1 fully saturated rings. The number of likely N-dealkylation sites (tertiary alicyclic amines) is 1. The second-order valence-electron chi connectivity index (χ2n) is 9.28. The molecule has 0 aromatic heterocycles. The van der Waals surface area contributed by atoms with E-state index in [0.717, 1.165) is 24.2 Å². The van der Waals surface area contributed by atoms with Crippen LogP contribution in [0.4, 0.5) is 0 Å². The first-order chi connectivity index (χ1) is 17.9. The van der Waals surface area contributed by atoms with E-state index in [9.17, 15) is 14.7 Å². The molecule has 2 aliphatic heterocycles. The van der Waals surface area contributed by atoms with Crippen molar-refractivity contribution < 1.29 is 33.6 Å². The number of fused-ring (bicyclic) bond motifs is 1. The van der Waals surface area contributed by atoms with Crippen molar-refractivity contribution in [2.45, 2.75) is 52.2 Å². The molecule has 0 unspecified atom stereocenters. The van der Waals surface area contributed by atoms with Crippen LogP contribution in [0, 0.1) is 0 Å². The average Bonchev–Trinajstić information content (AvgIpc) is 3.38. The quantitative estimate of drug-likeness (QED) is 0.204. The van der Waals surface area contributed by atoms with Crippen LogP contribution in [0.2, 0.25) is 0 Å². The Bertz CT molecular complexity index is 1190. The number of carbonyl (C=O) groups is 2. The summed E-state index contributed by atoms with van der Waals surface area (Å²) < 4.78 is 22.7.